The third-order valence-electron chi connectivity index (χ3n) is 14.4. The molecule has 0 saturated carbocycles. The summed E-state index contributed by atoms with van der Waals surface area (Å²) in [7, 11) is 0. The number of nitrogens with zero attached hydrogens (tertiary/aromatic N) is 7. The lowest BCUT2D eigenvalue weighted by atomic mass is 9.74. The molecular weight excluding hydrogens is 854 g/mol. The molecule has 2 aromatic carbocycles. The van der Waals surface area contributed by atoms with Gasteiger partial charge >= 0.3 is 18.4 Å². The van der Waals surface area contributed by atoms with Gasteiger partial charge in [-0.1, -0.05) is 30.3 Å². The molecule has 66 heavy (non-hydrogen) atoms. The predicted molar refractivity (Wildman–Crippen MR) is 237 cm³/mol. The number of halogens is 3. The monoisotopic (exact) mass is 910 g/mol. The summed E-state index contributed by atoms with van der Waals surface area (Å²) in [5.41, 5.74) is 6.38. The van der Waals surface area contributed by atoms with E-state index in [1.54, 1.807) is 37.5 Å². The third-order valence-corrected chi connectivity index (χ3v) is 14.4. The maximum absolute atomic E-state index is 14.5. The smallest absolute Gasteiger partial charge is 0.410 e. The highest BCUT2D eigenvalue weighted by Gasteiger charge is 2.61. The van der Waals surface area contributed by atoms with Crippen molar-refractivity contribution < 1.29 is 41.8 Å². The molecule has 0 bridgehead atoms. The van der Waals surface area contributed by atoms with Gasteiger partial charge in [-0.05, 0) is 120 Å². The average Bonchev–Trinajstić information content (AvgIpc) is 3.93. The van der Waals surface area contributed by atoms with Gasteiger partial charge < -0.3 is 38.6 Å². The average molecular weight is 911 g/mol. The number of para-hydroxylation sites is 1. The Morgan fingerprint density at radius 1 is 0.803 bits per heavy atom. The van der Waals surface area contributed by atoms with Gasteiger partial charge in [-0.15, -0.1) is 0 Å². The number of anilines is 2. The first-order valence-electron chi connectivity index (χ1n) is 23.5. The number of aromatic nitrogens is 4. The molecule has 4 amide bonds. The Labute approximate surface area is 381 Å². The van der Waals surface area contributed by atoms with Crippen molar-refractivity contribution in [1.29, 1.82) is 0 Å². The molecule has 4 aromatic rings. The zero-order valence-corrected chi connectivity index (χ0v) is 38.0. The number of rotatable bonds is 11. The second-order valence-corrected chi connectivity index (χ2v) is 19.8. The van der Waals surface area contributed by atoms with Gasteiger partial charge in [0.2, 0.25) is 11.8 Å². The molecule has 1 N–H and O–H groups in total. The maximum Gasteiger partial charge on any atom is 0.410 e. The van der Waals surface area contributed by atoms with Crippen molar-refractivity contribution in [3.05, 3.63) is 93.6 Å². The molecule has 1 atom stereocenters. The standard InChI is InChI=1S/C49H57F3N8O6/c1-29(2)65-45(63)56-25-47(26-56)33-10-5-8-13-38(33)60(43(47)61)24-42-55-37-22-32(15-17-40(37)58(42)19-9-18-49(50,51)52)20-31-14-16-39-34(21-31)48(27-57(28-48)46(64)66-30(3)4)44(62)59(39)23-41-53-35-11-6-7-12-36(35)54-41/h5,8,10,13-14,16,21,29-30,32H,6-7,9,11-12,15,17-20,22-28H2,1-4H3,(H,53,54)/t32-/m0/s1. The highest BCUT2D eigenvalue weighted by molar-refractivity contribution is 6.10. The van der Waals surface area contributed by atoms with Crippen LogP contribution in [0.4, 0.5) is 34.1 Å². The van der Waals surface area contributed by atoms with Crippen LogP contribution < -0.4 is 9.80 Å². The summed E-state index contributed by atoms with van der Waals surface area (Å²) in [4.78, 5) is 74.8. The Hall–Kier alpha value is -5.87. The van der Waals surface area contributed by atoms with E-state index >= 15 is 0 Å². The summed E-state index contributed by atoms with van der Waals surface area (Å²) >= 11 is 0. The number of carbonyl (C=O) groups is 4. The summed E-state index contributed by atoms with van der Waals surface area (Å²) in [6.07, 6.45) is -0.121. The van der Waals surface area contributed by atoms with E-state index in [9.17, 15) is 32.3 Å². The predicted octanol–water partition coefficient (Wildman–Crippen LogP) is 7.47. The Balaban J connectivity index is 0.901. The molecule has 14 nitrogen and oxygen atoms in total. The van der Waals surface area contributed by atoms with E-state index < -0.39 is 35.6 Å². The second kappa shape index (κ2) is 16.5. The summed E-state index contributed by atoms with van der Waals surface area (Å²) in [5.74, 6) is 1.22. The number of alkyl halides is 3. The number of aromatic amines is 1. The molecule has 2 saturated heterocycles. The summed E-state index contributed by atoms with van der Waals surface area (Å²) < 4.78 is 53.3. The number of likely N-dealkylation sites (tertiary alicyclic amines) is 2. The van der Waals surface area contributed by atoms with Gasteiger partial charge in [-0.2, -0.15) is 13.2 Å². The highest BCUT2D eigenvalue weighted by atomic mass is 19.4. The fraction of sp³-hybridized carbons (Fsp3) is 0.551. The van der Waals surface area contributed by atoms with Crippen molar-refractivity contribution in [1.82, 2.24) is 29.3 Å². The van der Waals surface area contributed by atoms with E-state index in [0.717, 1.165) is 83.1 Å². The number of aryl methyl sites for hydroxylation is 2. The molecule has 2 aliphatic carbocycles. The Bertz CT molecular complexity index is 2560. The lowest BCUT2D eigenvalue weighted by Gasteiger charge is -2.46. The molecule has 350 valence electrons. The maximum atomic E-state index is 14.5. The SMILES string of the molecule is CC(C)OC(=O)N1CC2(C1)C(=O)N(Cc1nc3c([nH]1)CCCC3)c1ccc(C[C@@H]3CCc4c(nc(CN5C(=O)C6(CN(C(=O)OC(C)C)C6)c6ccccc65)n4CCCC(F)(F)F)C3)cc12. The molecule has 0 radical (unpaired) electrons. The van der Waals surface area contributed by atoms with Crippen LogP contribution in [0.2, 0.25) is 0 Å². The van der Waals surface area contributed by atoms with Gasteiger partial charge in [0.1, 0.15) is 22.5 Å². The van der Waals surface area contributed by atoms with Crippen LogP contribution in [-0.2, 0) is 81.6 Å². The first-order valence-corrected chi connectivity index (χ1v) is 23.5. The molecule has 17 heteroatoms. The molecule has 10 rings (SSSR count). The minimum atomic E-state index is -4.31. The second-order valence-electron chi connectivity index (χ2n) is 19.8. The highest BCUT2D eigenvalue weighted by Crippen LogP contribution is 2.50. The molecule has 6 aliphatic rings. The summed E-state index contributed by atoms with van der Waals surface area (Å²) in [5, 5.41) is 0. The Morgan fingerprint density at radius 3 is 2.11 bits per heavy atom. The molecule has 2 fully saturated rings. The van der Waals surface area contributed by atoms with E-state index in [1.807, 2.05) is 39.8 Å². The van der Waals surface area contributed by atoms with Gasteiger partial charge in [-0.3, -0.25) is 9.59 Å². The molecule has 6 heterocycles. The Morgan fingerprint density at radius 2 is 1.44 bits per heavy atom. The summed E-state index contributed by atoms with van der Waals surface area (Å²) in [6, 6.07) is 13.7. The minimum Gasteiger partial charge on any atom is -0.447 e. The number of fused-ring (bicyclic) bond motifs is 6. The zero-order chi connectivity index (χ0) is 46.3. The van der Waals surface area contributed by atoms with E-state index in [-0.39, 0.29) is 75.6 Å². The van der Waals surface area contributed by atoms with Gasteiger partial charge in [0.05, 0.1) is 36.7 Å². The van der Waals surface area contributed by atoms with Gasteiger partial charge in [0.25, 0.3) is 0 Å². The largest absolute Gasteiger partial charge is 0.447 e. The number of carbonyl (C=O) groups excluding carboxylic acids is 4. The van der Waals surface area contributed by atoms with Gasteiger partial charge in [-0.25, -0.2) is 19.6 Å². The molecular formula is C49H57F3N8O6. The van der Waals surface area contributed by atoms with Crippen LogP contribution in [0.1, 0.15) is 111 Å². The number of hydrogen-bond donors (Lipinski definition) is 1. The van der Waals surface area contributed by atoms with Crippen molar-refractivity contribution in [2.24, 2.45) is 5.92 Å². The molecule has 2 aromatic heterocycles. The number of benzene rings is 2. The molecule has 2 spiro atoms. The normalized spacial score (nSPS) is 20.2. The zero-order valence-electron chi connectivity index (χ0n) is 38.0. The Kier molecular flexibility index (Phi) is 11.0. The number of hydrogen-bond acceptors (Lipinski definition) is 8. The van der Waals surface area contributed by atoms with Crippen molar-refractivity contribution in [3.63, 3.8) is 0 Å². The lowest BCUT2D eigenvalue weighted by molar-refractivity contribution is -0.136. The van der Waals surface area contributed by atoms with Crippen LogP contribution >= 0.6 is 0 Å². The van der Waals surface area contributed by atoms with E-state index in [1.165, 1.54) is 4.90 Å². The van der Waals surface area contributed by atoms with Gasteiger partial charge in [0.15, 0.2) is 0 Å². The third kappa shape index (κ3) is 7.68. The first-order chi connectivity index (χ1) is 31.5. The van der Waals surface area contributed by atoms with Crippen LogP contribution in [0, 0.1) is 5.92 Å². The first kappa shape index (κ1) is 44.0. The van der Waals surface area contributed by atoms with Crippen molar-refractivity contribution >= 4 is 35.4 Å². The van der Waals surface area contributed by atoms with Crippen LogP contribution in [0.15, 0.2) is 42.5 Å². The number of imidazole rings is 2. The quantitative estimate of drug-likeness (QED) is 0.163. The van der Waals surface area contributed by atoms with Crippen molar-refractivity contribution in [2.45, 2.75) is 141 Å². The fourth-order valence-corrected chi connectivity index (χ4v) is 11.3. The lowest BCUT2D eigenvalue weighted by Crippen LogP contribution is -2.65. The molecule has 4 aliphatic heterocycles. The van der Waals surface area contributed by atoms with E-state index in [0.29, 0.717) is 37.3 Å². The van der Waals surface area contributed by atoms with E-state index in [4.69, 9.17) is 19.4 Å². The van der Waals surface area contributed by atoms with Crippen molar-refractivity contribution in [3.8, 4) is 0 Å². The minimum absolute atomic E-state index is 0.0585. The van der Waals surface area contributed by atoms with Crippen LogP contribution in [0.25, 0.3) is 0 Å². The van der Waals surface area contributed by atoms with Crippen LogP contribution in [-0.4, -0.2) is 97.9 Å². The fourth-order valence-electron chi connectivity index (χ4n) is 11.3. The van der Waals surface area contributed by atoms with Crippen LogP contribution in [0.3, 0.4) is 0 Å². The number of ether oxygens (including phenoxy) is 2. The van der Waals surface area contributed by atoms with Gasteiger partial charge in [0, 0.05) is 61.9 Å². The topological polar surface area (TPSA) is 146 Å². The number of nitrogens with one attached hydrogen (secondary N) is 1. The van der Waals surface area contributed by atoms with Crippen LogP contribution in [0.5, 0.6) is 0 Å². The summed E-state index contributed by atoms with van der Waals surface area (Å²) in [6.45, 7) is 8.43. The van der Waals surface area contributed by atoms with Crippen molar-refractivity contribution in [2.75, 3.05) is 36.0 Å². The number of H-pyrrole nitrogens is 1. The number of amides is 4. The van der Waals surface area contributed by atoms with E-state index in [2.05, 4.69) is 17.1 Å². The molecule has 0 unspecified atom stereocenters.